The zero-order chi connectivity index (χ0) is 7.98. The summed E-state index contributed by atoms with van der Waals surface area (Å²) in [7, 11) is 0. The maximum Gasteiger partial charge on any atom is 0.312 e. The van der Waals surface area contributed by atoms with Gasteiger partial charge in [0.15, 0.2) is 0 Å². The molecule has 0 unspecified atom stereocenters. The molecule has 2 amide bonds. The van der Waals surface area contributed by atoms with Gasteiger partial charge >= 0.3 is 6.03 Å². The van der Waals surface area contributed by atoms with Gasteiger partial charge in [0, 0.05) is 13.1 Å². The predicted octanol–water partition coefficient (Wildman–Crippen LogP) is -0.440. The summed E-state index contributed by atoms with van der Waals surface area (Å²) in [5.41, 5.74) is 11.0. The Bertz CT molecular complexity index is 133. The summed E-state index contributed by atoms with van der Waals surface area (Å²) in [6.45, 7) is 4.63. The van der Waals surface area contributed by atoms with Gasteiger partial charge in [-0.25, -0.2) is 4.79 Å². The van der Waals surface area contributed by atoms with Gasteiger partial charge in [0.25, 0.3) is 0 Å². The van der Waals surface area contributed by atoms with E-state index in [4.69, 9.17) is 11.5 Å². The number of hydrogen-bond donors (Lipinski definition) is 3. The van der Waals surface area contributed by atoms with E-state index >= 15 is 0 Å². The van der Waals surface area contributed by atoms with Crippen LogP contribution in [-0.4, -0.2) is 19.1 Å². The Kier molecular flexibility index (Phi) is 4.32. The maximum atomic E-state index is 10.1. The van der Waals surface area contributed by atoms with Crippen LogP contribution in [0.15, 0.2) is 12.2 Å². The van der Waals surface area contributed by atoms with Crippen LogP contribution in [-0.2, 0) is 0 Å². The smallest absolute Gasteiger partial charge is 0.312 e. The molecule has 10 heavy (non-hydrogen) atoms. The highest BCUT2D eigenvalue weighted by molar-refractivity contribution is 5.71. The van der Waals surface area contributed by atoms with Crippen molar-refractivity contribution < 1.29 is 4.79 Å². The first-order valence-corrected chi connectivity index (χ1v) is 3.07. The lowest BCUT2D eigenvalue weighted by Crippen LogP contribution is -2.30. The molecule has 0 rings (SSSR count). The first-order valence-electron chi connectivity index (χ1n) is 3.07. The molecule has 0 bridgehead atoms. The normalized spacial score (nSPS) is 8.90. The monoisotopic (exact) mass is 143 g/mol. The number of urea groups is 1. The number of hydrogen-bond acceptors (Lipinski definition) is 2. The van der Waals surface area contributed by atoms with Gasteiger partial charge in [-0.2, -0.15) is 0 Å². The van der Waals surface area contributed by atoms with E-state index in [0.717, 1.165) is 5.57 Å². The van der Waals surface area contributed by atoms with Crippen molar-refractivity contribution >= 4 is 6.03 Å². The lowest BCUT2D eigenvalue weighted by molar-refractivity contribution is 0.249. The molecule has 5 N–H and O–H groups in total. The maximum absolute atomic E-state index is 10.1. The van der Waals surface area contributed by atoms with Gasteiger partial charge in [0.2, 0.25) is 0 Å². The van der Waals surface area contributed by atoms with Crippen LogP contribution in [0.2, 0.25) is 0 Å². The van der Waals surface area contributed by atoms with Crippen LogP contribution in [0.25, 0.3) is 0 Å². The van der Waals surface area contributed by atoms with E-state index in [0.29, 0.717) is 19.5 Å². The average Bonchev–Trinajstić information content (AvgIpc) is 1.87. The van der Waals surface area contributed by atoms with Crippen molar-refractivity contribution in [2.24, 2.45) is 11.5 Å². The Morgan fingerprint density at radius 2 is 2.20 bits per heavy atom. The molecule has 0 aromatic heterocycles. The highest BCUT2D eigenvalue weighted by Gasteiger charge is 1.92. The third-order valence-electron chi connectivity index (χ3n) is 1.07. The fraction of sp³-hybridized carbons (Fsp3) is 0.500. The second kappa shape index (κ2) is 4.81. The molecule has 0 saturated heterocycles. The molecule has 0 spiro atoms. The van der Waals surface area contributed by atoms with Crippen molar-refractivity contribution in [1.29, 1.82) is 0 Å². The SMILES string of the molecule is C=C(CN)CCNC(N)=O. The lowest BCUT2D eigenvalue weighted by atomic mass is 10.2. The summed E-state index contributed by atoms with van der Waals surface area (Å²) in [4.78, 5) is 10.1. The largest absolute Gasteiger partial charge is 0.352 e. The topological polar surface area (TPSA) is 81.1 Å². The van der Waals surface area contributed by atoms with Gasteiger partial charge in [-0.05, 0) is 6.42 Å². The average molecular weight is 143 g/mol. The molecule has 0 saturated carbocycles. The highest BCUT2D eigenvalue weighted by atomic mass is 16.2. The van der Waals surface area contributed by atoms with Crippen LogP contribution in [0.4, 0.5) is 4.79 Å². The van der Waals surface area contributed by atoms with E-state index < -0.39 is 6.03 Å². The molecule has 0 aliphatic carbocycles. The van der Waals surface area contributed by atoms with Crippen LogP contribution < -0.4 is 16.8 Å². The van der Waals surface area contributed by atoms with E-state index in [2.05, 4.69) is 11.9 Å². The van der Waals surface area contributed by atoms with E-state index in [-0.39, 0.29) is 0 Å². The molecule has 0 atom stereocenters. The van der Waals surface area contributed by atoms with Crippen molar-refractivity contribution in [2.75, 3.05) is 13.1 Å². The fourth-order valence-corrected chi connectivity index (χ4v) is 0.465. The standard InChI is InChI=1S/C6H13N3O/c1-5(4-7)2-3-9-6(8)10/h1-4,7H2,(H3,8,9,10). The van der Waals surface area contributed by atoms with Crippen molar-refractivity contribution in [3.63, 3.8) is 0 Å². The predicted molar refractivity (Wildman–Crippen MR) is 40.4 cm³/mol. The zero-order valence-corrected chi connectivity index (χ0v) is 5.89. The molecule has 4 nitrogen and oxygen atoms in total. The van der Waals surface area contributed by atoms with Crippen molar-refractivity contribution in [1.82, 2.24) is 5.32 Å². The van der Waals surface area contributed by atoms with Gasteiger partial charge in [0.05, 0.1) is 0 Å². The molecule has 58 valence electrons. The molecule has 4 heteroatoms. The first-order chi connectivity index (χ1) is 4.66. The highest BCUT2D eigenvalue weighted by Crippen LogP contribution is 1.90. The van der Waals surface area contributed by atoms with Gasteiger partial charge < -0.3 is 16.8 Å². The summed E-state index contributed by atoms with van der Waals surface area (Å²) >= 11 is 0. The van der Waals surface area contributed by atoms with E-state index in [1.165, 1.54) is 0 Å². The lowest BCUT2D eigenvalue weighted by Gasteiger charge is -2.01. The van der Waals surface area contributed by atoms with Crippen LogP contribution in [0.5, 0.6) is 0 Å². The first kappa shape index (κ1) is 8.97. The minimum atomic E-state index is -0.509. The van der Waals surface area contributed by atoms with Gasteiger partial charge in [0.1, 0.15) is 0 Å². The number of primary amides is 1. The molecule has 0 aromatic rings. The fourth-order valence-electron chi connectivity index (χ4n) is 0.465. The molecule has 0 radical (unpaired) electrons. The van der Waals surface area contributed by atoms with Crippen LogP contribution in [0, 0.1) is 0 Å². The Morgan fingerprint density at radius 1 is 1.60 bits per heavy atom. The number of rotatable bonds is 4. The van der Waals surface area contributed by atoms with Crippen LogP contribution >= 0.6 is 0 Å². The summed E-state index contributed by atoms with van der Waals surface area (Å²) in [5.74, 6) is 0. The minimum Gasteiger partial charge on any atom is -0.352 e. The quantitative estimate of drug-likeness (QED) is 0.466. The van der Waals surface area contributed by atoms with Gasteiger partial charge in [-0.3, -0.25) is 0 Å². The van der Waals surface area contributed by atoms with Gasteiger partial charge in [-0.1, -0.05) is 12.2 Å². The van der Waals surface area contributed by atoms with Crippen molar-refractivity contribution in [2.45, 2.75) is 6.42 Å². The number of carbonyl (C=O) groups is 1. The van der Waals surface area contributed by atoms with Crippen molar-refractivity contribution in [3.8, 4) is 0 Å². The number of carbonyl (C=O) groups excluding carboxylic acids is 1. The molecule has 0 aromatic carbocycles. The summed E-state index contributed by atoms with van der Waals surface area (Å²) in [5, 5.41) is 2.43. The summed E-state index contributed by atoms with van der Waals surface area (Å²) in [6.07, 6.45) is 0.694. The zero-order valence-electron chi connectivity index (χ0n) is 5.89. The Labute approximate surface area is 60.3 Å². The summed E-state index contributed by atoms with van der Waals surface area (Å²) < 4.78 is 0. The number of amides is 2. The second-order valence-electron chi connectivity index (χ2n) is 2.00. The number of nitrogens with one attached hydrogen (secondary N) is 1. The Balaban J connectivity index is 3.20. The van der Waals surface area contributed by atoms with E-state index in [1.54, 1.807) is 0 Å². The van der Waals surface area contributed by atoms with Crippen molar-refractivity contribution in [3.05, 3.63) is 12.2 Å². The molecular formula is C6H13N3O. The molecule has 0 aliphatic heterocycles. The van der Waals surface area contributed by atoms with E-state index in [9.17, 15) is 4.79 Å². The molecule has 0 heterocycles. The molecule has 0 aliphatic rings. The third-order valence-corrected chi connectivity index (χ3v) is 1.07. The molecular weight excluding hydrogens is 130 g/mol. The van der Waals surface area contributed by atoms with E-state index in [1.807, 2.05) is 0 Å². The second-order valence-corrected chi connectivity index (χ2v) is 2.00. The minimum absolute atomic E-state index is 0.459. The van der Waals surface area contributed by atoms with Crippen LogP contribution in [0.3, 0.4) is 0 Å². The third kappa shape index (κ3) is 5.11. The Hall–Kier alpha value is -1.03. The summed E-state index contributed by atoms with van der Waals surface area (Å²) in [6, 6.07) is -0.509. The van der Waals surface area contributed by atoms with Crippen LogP contribution in [0.1, 0.15) is 6.42 Å². The Morgan fingerprint density at radius 3 is 2.60 bits per heavy atom. The van der Waals surface area contributed by atoms with Gasteiger partial charge in [-0.15, -0.1) is 0 Å². The number of nitrogens with two attached hydrogens (primary N) is 2. The molecule has 0 fully saturated rings.